The Balaban J connectivity index is 2.40. The average Bonchev–Trinajstić information content (AvgIpc) is 2.57. The minimum absolute atomic E-state index is 0.218. The van der Waals surface area contributed by atoms with Crippen LogP contribution in [0.15, 0.2) is 12.1 Å². The van der Waals surface area contributed by atoms with E-state index in [0.717, 1.165) is 29.8 Å². The van der Waals surface area contributed by atoms with Crippen molar-refractivity contribution in [1.29, 1.82) is 0 Å². The molecular weight excluding hydrogens is 352 g/mol. The van der Waals surface area contributed by atoms with E-state index in [-0.39, 0.29) is 5.82 Å². The summed E-state index contributed by atoms with van der Waals surface area (Å²) in [6, 6.07) is 3.24. The van der Waals surface area contributed by atoms with Crippen LogP contribution in [0.2, 0.25) is 0 Å². The van der Waals surface area contributed by atoms with Crippen LogP contribution in [0.25, 0.3) is 11.0 Å². The van der Waals surface area contributed by atoms with Crippen LogP contribution < -0.4 is 5.73 Å². The van der Waals surface area contributed by atoms with E-state index in [4.69, 9.17) is 5.73 Å². The minimum atomic E-state index is -0.218. The van der Waals surface area contributed by atoms with E-state index in [9.17, 15) is 4.39 Å². The maximum atomic E-state index is 13.5. The van der Waals surface area contributed by atoms with Crippen LogP contribution in [-0.2, 0) is 6.54 Å². The van der Waals surface area contributed by atoms with Gasteiger partial charge >= 0.3 is 0 Å². The molecule has 0 fully saturated rings. The zero-order chi connectivity index (χ0) is 12.4. The Bertz CT molecular complexity index is 541. The average molecular weight is 365 g/mol. The molecule has 0 aliphatic rings. The van der Waals surface area contributed by atoms with Crippen LogP contribution in [0, 0.1) is 9.39 Å². The Morgan fingerprint density at radius 3 is 3.00 bits per heavy atom. The molecule has 0 amide bonds. The zero-order valence-electron chi connectivity index (χ0n) is 9.41. The topological polar surface area (TPSA) is 43.8 Å². The Labute approximate surface area is 117 Å². The molecule has 2 aromatic rings. The fourth-order valence-corrected chi connectivity index (χ4v) is 2.61. The molecule has 0 aliphatic heterocycles. The monoisotopic (exact) mass is 365 g/mol. The third-order valence-corrected chi connectivity index (χ3v) is 4.07. The summed E-state index contributed by atoms with van der Waals surface area (Å²) in [6.07, 6.45) is 3.07. The summed E-state index contributed by atoms with van der Waals surface area (Å²) in [5.41, 5.74) is 7.40. The van der Waals surface area contributed by atoms with Gasteiger partial charge in [-0.3, -0.25) is 0 Å². The number of halogens is 2. The highest BCUT2D eigenvalue weighted by Gasteiger charge is 2.11. The van der Waals surface area contributed by atoms with Crippen LogP contribution in [0.3, 0.4) is 0 Å². The van der Waals surface area contributed by atoms with Gasteiger partial charge in [0.1, 0.15) is 5.82 Å². The second-order valence-corrected chi connectivity index (χ2v) is 5.87. The molecule has 0 saturated carbocycles. The largest absolute Gasteiger partial charge is 0.369 e. The van der Waals surface area contributed by atoms with Gasteiger partial charge < -0.3 is 10.3 Å². The lowest BCUT2D eigenvalue weighted by Crippen LogP contribution is -2.04. The van der Waals surface area contributed by atoms with Crippen molar-refractivity contribution in [2.75, 3.05) is 17.7 Å². The van der Waals surface area contributed by atoms with Crippen molar-refractivity contribution in [1.82, 2.24) is 9.55 Å². The minimum Gasteiger partial charge on any atom is -0.369 e. The van der Waals surface area contributed by atoms with Gasteiger partial charge in [-0.15, -0.1) is 0 Å². The first-order valence-electron chi connectivity index (χ1n) is 5.23. The number of imidazole rings is 1. The van der Waals surface area contributed by atoms with E-state index < -0.39 is 0 Å². The first-order chi connectivity index (χ1) is 8.13. The Kier molecular flexibility index (Phi) is 4.13. The van der Waals surface area contributed by atoms with Gasteiger partial charge in [-0.2, -0.15) is 11.8 Å². The van der Waals surface area contributed by atoms with E-state index in [1.807, 2.05) is 27.2 Å². The third kappa shape index (κ3) is 2.67. The van der Waals surface area contributed by atoms with Crippen molar-refractivity contribution in [3.05, 3.63) is 21.5 Å². The molecule has 0 radical (unpaired) electrons. The Morgan fingerprint density at radius 2 is 2.29 bits per heavy atom. The number of hydrogen-bond donors (Lipinski definition) is 1. The summed E-state index contributed by atoms with van der Waals surface area (Å²) in [7, 11) is 0. The van der Waals surface area contributed by atoms with Crippen LogP contribution >= 0.6 is 34.4 Å². The molecule has 0 atom stereocenters. The SMILES string of the molecule is CSCCCn1c(N)nc2cc(I)c(F)cc21. The summed E-state index contributed by atoms with van der Waals surface area (Å²) >= 11 is 3.75. The highest BCUT2D eigenvalue weighted by Crippen LogP contribution is 2.23. The summed E-state index contributed by atoms with van der Waals surface area (Å²) < 4.78 is 16.0. The summed E-state index contributed by atoms with van der Waals surface area (Å²) in [6.45, 7) is 0.781. The normalized spacial score (nSPS) is 11.2. The lowest BCUT2D eigenvalue weighted by atomic mass is 10.3. The number of fused-ring (bicyclic) bond motifs is 1. The van der Waals surface area contributed by atoms with Crippen molar-refractivity contribution < 1.29 is 4.39 Å². The molecule has 0 bridgehead atoms. The number of nitrogens with two attached hydrogens (primary N) is 1. The highest BCUT2D eigenvalue weighted by molar-refractivity contribution is 14.1. The molecule has 1 aromatic heterocycles. The first kappa shape index (κ1) is 12.9. The molecule has 2 N–H and O–H groups in total. The van der Waals surface area contributed by atoms with Crippen molar-refractivity contribution in [3.8, 4) is 0 Å². The lowest BCUT2D eigenvalue weighted by Gasteiger charge is -2.05. The fraction of sp³-hybridized carbons (Fsp3) is 0.364. The predicted molar refractivity (Wildman–Crippen MR) is 79.8 cm³/mol. The standard InChI is InChI=1S/C11H13FIN3S/c1-17-4-2-3-16-10-5-7(12)8(13)6-9(10)15-11(16)14/h5-6H,2-4H2,1H3,(H2,14,15). The molecule has 3 nitrogen and oxygen atoms in total. The van der Waals surface area contributed by atoms with Gasteiger partial charge in [0.2, 0.25) is 5.95 Å². The number of nitrogen functional groups attached to an aromatic ring is 1. The summed E-state index contributed by atoms with van der Waals surface area (Å²) in [4.78, 5) is 4.26. The predicted octanol–water partition coefficient (Wildman–Crippen LogP) is 3.12. The first-order valence-corrected chi connectivity index (χ1v) is 7.70. The molecule has 6 heteroatoms. The second-order valence-electron chi connectivity index (χ2n) is 3.72. The van der Waals surface area contributed by atoms with Crippen molar-refractivity contribution in [2.45, 2.75) is 13.0 Å². The molecule has 1 heterocycles. The second kappa shape index (κ2) is 5.43. The van der Waals surface area contributed by atoms with Gasteiger partial charge in [0.15, 0.2) is 0 Å². The third-order valence-electron chi connectivity index (χ3n) is 2.55. The molecule has 0 spiro atoms. The van der Waals surface area contributed by atoms with E-state index in [1.54, 1.807) is 17.8 Å². The van der Waals surface area contributed by atoms with Gasteiger partial charge in [0, 0.05) is 12.6 Å². The molecular formula is C11H13FIN3S. The number of rotatable bonds is 4. The zero-order valence-corrected chi connectivity index (χ0v) is 12.4. The highest BCUT2D eigenvalue weighted by atomic mass is 127. The van der Waals surface area contributed by atoms with Gasteiger partial charge in [0.25, 0.3) is 0 Å². The Hall–Kier alpha value is -0.500. The number of benzene rings is 1. The van der Waals surface area contributed by atoms with Gasteiger partial charge in [-0.1, -0.05) is 0 Å². The number of hydrogen-bond acceptors (Lipinski definition) is 3. The molecule has 17 heavy (non-hydrogen) atoms. The maximum Gasteiger partial charge on any atom is 0.201 e. The molecule has 0 saturated heterocycles. The number of aryl methyl sites for hydroxylation is 1. The summed E-state index contributed by atoms with van der Waals surface area (Å²) in [5.74, 6) is 1.30. The van der Waals surface area contributed by atoms with Gasteiger partial charge in [0.05, 0.1) is 14.6 Å². The number of anilines is 1. The molecule has 92 valence electrons. The number of aromatic nitrogens is 2. The molecule has 2 rings (SSSR count). The van der Waals surface area contributed by atoms with E-state index in [2.05, 4.69) is 11.2 Å². The smallest absolute Gasteiger partial charge is 0.201 e. The Morgan fingerprint density at radius 1 is 1.53 bits per heavy atom. The van der Waals surface area contributed by atoms with Crippen molar-refractivity contribution in [3.63, 3.8) is 0 Å². The van der Waals surface area contributed by atoms with Crippen molar-refractivity contribution in [2.24, 2.45) is 0 Å². The lowest BCUT2D eigenvalue weighted by molar-refractivity contribution is 0.620. The van der Waals surface area contributed by atoms with Crippen LogP contribution in [0.4, 0.5) is 10.3 Å². The quantitative estimate of drug-likeness (QED) is 0.669. The van der Waals surface area contributed by atoms with E-state index in [1.165, 1.54) is 6.07 Å². The summed E-state index contributed by atoms with van der Waals surface area (Å²) in [5, 5.41) is 0. The van der Waals surface area contributed by atoms with Gasteiger partial charge in [-0.25, -0.2) is 9.37 Å². The van der Waals surface area contributed by atoms with Crippen LogP contribution in [-0.4, -0.2) is 21.6 Å². The molecule has 0 aliphatic carbocycles. The van der Waals surface area contributed by atoms with Crippen molar-refractivity contribution >= 4 is 51.3 Å². The molecule has 1 aromatic carbocycles. The maximum absolute atomic E-state index is 13.5. The number of nitrogens with zero attached hydrogens (tertiary/aromatic N) is 2. The van der Waals surface area contributed by atoms with E-state index in [0.29, 0.717) is 9.52 Å². The fourth-order valence-electron chi connectivity index (χ4n) is 1.74. The number of thioether (sulfide) groups is 1. The van der Waals surface area contributed by atoms with Crippen LogP contribution in [0.1, 0.15) is 6.42 Å². The van der Waals surface area contributed by atoms with E-state index >= 15 is 0 Å². The van der Waals surface area contributed by atoms with Gasteiger partial charge in [-0.05, 0) is 47.1 Å². The van der Waals surface area contributed by atoms with Crippen LogP contribution in [0.5, 0.6) is 0 Å². The molecule has 0 unspecified atom stereocenters.